The molecule has 1 aromatic heterocycles. The average molecular weight is 350 g/mol. The molecule has 2 aliphatic heterocycles. The van der Waals surface area contributed by atoms with Crippen LogP contribution in [-0.2, 0) is 14.2 Å². The number of ether oxygens (including phenoxy) is 3. The summed E-state index contributed by atoms with van der Waals surface area (Å²) in [4.78, 5) is 11.5. The van der Waals surface area contributed by atoms with Crippen molar-refractivity contribution in [2.45, 2.75) is 56.4 Å². The Bertz CT molecular complexity index is 601. The third kappa shape index (κ3) is 3.43. The fourth-order valence-electron chi connectivity index (χ4n) is 4.23. The van der Waals surface area contributed by atoms with Gasteiger partial charge < -0.3 is 19.5 Å². The van der Waals surface area contributed by atoms with Gasteiger partial charge in [-0.3, -0.25) is 0 Å². The summed E-state index contributed by atoms with van der Waals surface area (Å²) in [6.45, 7) is 2.21. The van der Waals surface area contributed by atoms with Crippen LogP contribution in [0.3, 0.4) is 0 Å². The minimum atomic E-state index is -0.485. The van der Waals surface area contributed by atoms with Crippen LogP contribution in [0.1, 0.15) is 48.6 Å². The van der Waals surface area contributed by atoms with Gasteiger partial charge in [-0.15, -0.1) is 5.10 Å². The van der Waals surface area contributed by atoms with Crippen LogP contribution in [0.4, 0.5) is 0 Å². The van der Waals surface area contributed by atoms with Gasteiger partial charge >= 0.3 is 5.97 Å². The van der Waals surface area contributed by atoms with E-state index in [1.807, 2.05) is 0 Å². The Hall–Kier alpha value is -1.51. The zero-order chi connectivity index (χ0) is 17.2. The van der Waals surface area contributed by atoms with Crippen molar-refractivity contribution in [2.75, 3.05) is 26.9 Å². The molecule has 4 atom stereocenters. The maximum Gasteiger partial charge on any atom is 0.360 e. The highest BCUT2D eigenvalue weighted by molar-refractivity contribution is 5.86. The van der Waals surface area contributed by atoms with Gasteiger partial charge in [0.2, 0.25) is 0 Å². The van der Waals surface area contributed by atoms with Crippen LogP contribution in [0.25, 0.3) is 0 Å². The molecule has 0 aromatic carbocycles. The standard InChI is InChI=1S/C17H26N4O4/c1-23-17(22)12-8-21(20-19-12)14-10-25-15-13(9-24-16(14)15)18-7-11-5-3-2-4-6-11/h8,11,13-16,18H,2-7,9-10H2,1H3/t13-,14-,15+,16+/m0/s1. The molecule has 3 fully saturated rings. The lowest BCUT2D eigenvalue weighted by molar-refractivity contribution is 0.0592. The van der Waals surface area contributed by atoms with Gasteiger partial charge in [-0.1, -0.05) is 24.5 Å². The summed E-state index contributed by atoms with van der Waals surface area (Å²) in [5.41, 5.74) is 0.205. The van der Waals surface area contributed by atoms with Gasteiger partial charge in [0, 0.05) is 0 Å². The largest absolute Gasteiger partial charge is 0.464 e. The number of esters is 1. The molecule has 1 N–H and O–H groups in total. The molecule has 8 nitrogen and oxygen atoms in total. The molecule has 8 heteroatoms. The molecule has 0 radical (unpaired) electrons. The molecular weight excluding hydrogens is 324 g/mol. The van der Waals surface area contributed by atoms with Gasteiger partial charge in [0.1, 0.15) is 18.2 Å². The number of rotatable bonds is 5. The average Bonchev–Trinajstić information content (AvgIpc) is 3.36. The normalized spacial score (nSPS) is 32.7. The molecule has 3 heterocycles. The lowest BCUT2D eigenvalue weighted by Crippen LogP contribution is -2.43. The molecule has 0 amide bonds. The maximum atomic E-state index is 11.5. The fraction of sp³-hybridized carbons (Fsp3) is 0.824. The Labute approximate surface area is 147 Å². The number of carbonyl (C=O) groups excluding carboxylic acids is 1. The second-order valence-corrected chi connectivity index (χ2v) is 7.26. The lowest BCUT2D eigenvalue weighted by atomic mass is 9.89. The van der Waals surface area contributed by atoms with E-state index in [1.165, 1.54) is 39.2 Å². The highest BCUT2D eigenvalue weighted by Crippen LogP contribution is 2.34. The predicted octanol–water partition coefficient (Wildman–Crippen LogP) is 0.942. The summed E-state index contributed by atoms with van der Waals surface area (Å²) in [6.07, 6.45) is 8.31. The third-order valence-corrected chi connectivity index (χ3v) is 5.67. The van der Waals surface area contributed by atoms with E-state index in [0.29, 0.717) is 13.2 Å². The maximum absolute atomic E-state index is 11.5. The molecular formula is C17H26N4O4. The summed E-state index contributed by atoms with van der Waals surface area (Å²) < 4.78 is 18.3. The zero-order valence-corrected chi connectivity index (χ0v) is 14.6. The van der Waals surface area contributed by atoms with Gasteiger partial charge in [0.05, 0.1) is 32.6 Å². The second-order valence-electron chi connectivity index (χ2n) is 7.26. The SMILES string of the molecule is COC(=O)c1cn([C@H]2CO[C@H]3[C@@H]2OC[C@@H]3NCC2CCCCC2)nn1. The summed E-state index contributed by atoms with van der Waals surface area (Å²) in [5.74, 6) is 0.295. The van der Waals surface area contributed by atoms with E-state index in [9.17, 15) is 4.79 Å². The van der Waals surface area contributed by atoms with E-state index >= 15 is 0 Å². The Balaban J connectivity index is 1.35. The van der Waals surface area contributed by atoms with Crippen molar-refractivity contribution in [1.29, 1.82) is 0 Å². The van der Waals surface area contributed by atoms with Gasteiger partial charge in [-0.2, -0.15) is 0 Å². The number of hydrogen-bond acceptors (Lipinski definition) is 7. The number of aromatic nitrogens is 3. The number of nitrogens with one attached hydrogen (secondary N) is 1. The number of methoxy groups -OCH3 is 1. The molecule has 1 aliphatic carbocycles. The fourth-order valence-corrected chi connectivity index (χ4v) is 4.23. The van der Waals surface area contributed by atoms with E-state index < -0.39 is 5.97 Å². The first-order chi connectivity index (χ1) is 12.3. The first-order valence-electron chi connectivity index (χ1n) is 9.23. The first kappa shape index (κ1) is 16.9. The molecule has 0 unspecified atom stereocenters. The van der Waals surface area contributed by atoms with Crippen molar-refractivity contribution in [3.63, 3.8) is 0 Å². The van der Waals surface area contributed by atoms with Crippen molar-refractivity contribution in [3.05, 3.63) is 11.9 Å². The molecule has 25 heavy (non-hydrogen) atoms. The molecule has 4 rings (SSSR count). The van der Waals surface area contributed by atoms with E-state index in [4.69, 9.17) is 9.47 Å². The smallest absolute Gasteiger partial charge is 0.360 e. The van der Waals surface area contributed by atoms with Crippen LogP contribution < -0.4 is 5.32 Å². The van der Waals surface area contributed by atoms with E-state index in [0.717, 1.165) is 12.5 Å². The lowest BCUT2D eigenvalue weighted by Gasteiger charge is -2.25. The van der Waals surface area contributed by atoms with Gasteiger partial charge in [0.15, 0.2) is 5.69 Å². The van der Waals surface area contributed by atoms with Crippen LogP contribution >= 0.6 is 0 Å². The van der Waals surface area contributed by atoms with Crippen LogP contribution in [0.5, 0.6) is 0 Å². The highest BCUT2D eigenvalue weighted by atomic mass is 16.6. The van der Waals surface area contributed by atoms with Crippen LogP contribution in [0, 0.1) is 5.92 Å². The monoisotopic (exact) mass is 350 g/mol. The minimum Gasteiger partial charge on any atom is -0.464 e. The van der Waals surface area contributed by atoms with Crippen molar-refractivity contribution < 1.29 is 19.0 Å². The molecule has 138 valence electrons. The molecule has 2 saturated heterocycles. The Morgan fingerprint density at radius 3 is 2.88 bits per heavy atom. The molecule has 1 aromatic rings. The van der Waals surface area contributed by atoms with Gasteiger partial charge in [-0.25, -0.2) is 9.48 Å². The summed E-state index contributed by atoms with van der Waals surface area (Å²) >= 11 is 0. The van der Waals surface area contributed by atoms with Crippen molar-refractivity contribution in [2.24, 2.45) is 5.92 Å². The summed E-state index contributed by atoms with van der Waals surface area (Å²) in [7, 11) is 1.33. The highest BCUT2D eigenvalue weighted by Gasteiger charge is 2.48. The number of nitrogens with zero attached hydrogens (tertiary/aromatic N) is 3. The first-order valence-corrected chi connectivity index (χ1v) is 9.23. The summed E-state index contributed by atoms with van der Waals surface area (Å²) in [5, 5.41) is 11.6. The summed E-state index contributed by atoms with van der Waals surface area (Å²) in [6, 6.07) is 0.165. The zero-order valence-electron chi connectivity index (χ0n) is 14.6. The van der Waals surface area contributed by atoms with Crippen LogP contribution in [0.2, 0.25) is 0 Å². The van der Waals surface area contributed by atoms with Crippen molar-refractivity contribution in [3.8, 4) is 0 Å². The van der Waals surface area contributed by atoms with E-state index in [1.54, 1.807) is 10.9 Å². The van der Waals surface area contributed by atoms with Gasteiger partial charge in [0.25, 0.3) is 0 Å². The second kappa shape index (κ2) is 7.39. The number of fused-ring (bicyclic) bond motifs is 1. The van der Waals surface area contributed by atoms with Crippen LogP contribution in [0.15, 0.2) is 6.20 Å². The Morgan fingerprint density at radius 1 is 1.28 bits per heavy atom. The van der Waals surface area contributed by atoms with Gasteiger partial charge in [-0.05, 0) is 25.3 Å². The molecule has 0 spiro atoms. The van der Waals surface area contributed by atoms with E-state index in [2.05, 4.69) is 20.4 Å². The van der Waals surface area contributed by atoms with Crippen molar-refractivity contribution >= 4 is 5.97 Å². The molecule has 1 saturated carbocycles. The topological polar surface area (TPSA) is 87.5 Å². The van der Waals surface area contributed by atoms with Crippen molar-refractivity contribution in [1.82, 2.24) is 20.3 Å². The number of carbonyl (C=O) groups is 1. The van der Waals surface area contributed by atoms with Crippen LogP contribution in [-0.4, -0.2) is 66.1 Å². The minimum absolute atomic E-state index is 0.0272. The Morgan fingerprint density at radius 2 is 2.08 bits per heavy atom. The third-order valence-electron chi connectivity index (χ3n) is 5.67. The van der Waals surface area contributed by atoms with E-state index in [-0.39, 0.29) is 30.0 Å². The predicted molar refractivity (Wildman–Crippen MR) is 88.2 cm³/mol. The quantitative estimate of drug-likeness (QED) is 0.791. The molecule has 0 bridgehead atoms. The molecule has 3 aliphatic rings. The number of hydrogen-bond donors (Lipinski definition) is 1. The Kier molecular flexibility index (Phi) is 5.00.